The van der Waals surface area contributed by atoms with Crippen LogP contribution in [0.25, 0.3) is 22.5 Å². The number of aryl methyl sites for hydroxylation is 1. The van der Waals surface area contributed by atoms with Crippen LogP contribution in [0.1, 0.15) is 21.6 Å². The molecular formula is C26H21ClN2O5. The number of hydrogen-bond donors (Lipinski definition) is 2. The smallest absolute Gasteiger partial charge is 0.411 e. The fraction of sp³-hybridized carbons (Fsp3) is 0.115. The van der Waals surface area contributed by atoms with E-state index in [2.05, 4.69) is 10.5 Å². The van der Waals surface area contributed by atoms with E-state index < -0.39 is 12.1 Å². The minimum Gasteiger partial charge on any atom is -0.478 e. The van der Waals surface area contributed by atoms with Crippen LogP contribution in [0.3, 0.4) is 0 Å². The van der Waals surface area contributed by atoms with Crippen molar-refractivity contribution in [1.29, 1.82) is 0 Å². The molecule has 0 saturated heterocycles. The molecule has 0 bridgehead atoms. The third-order valence-electron chi connectivity index (χ3n) is 5.26. The zero-order valence-electron chi connectivity index (χ0n) is 18.2. The number of carboxylic acid groups (broad SMARTS) is 1. The molecule has 2 N–H and O–H groups in total. The molecule has 8 heteroatoms. The summed E-state index contributed by atoms with van der Waals surface area (Å²) in [6.07, 6.45) is -0.118. The highest BCUT2D eigenvalue weighted by Gasteiger charge is 2.18. The van der Waals surface area contributed by atoms with Gasteiger partial charge < -0.3 is 14.4 Å². The topological polar surface area (TPSA) is 102 Å². The highest BCUT2D eigenvalue weighted by Crippen LogP contribution is 2.32. The third kappa shape index (κ3) is 5.27. The number of carbonyl (C=O) groups excluding carboxylic acids is 1. The number of carboxylic acids is 1. The summed E-state index contributed by atoms with van der Waals surface area (Å²) >= 11 is 6.13. The van der Waals surface area contributed by atoms with Crippen molar-refractivity contribution in [3.05, 3.63) is 94.6 Å². The minimum absolute atomic E-state index is 0.171. The van der Waals surface area contributed by atoms with E-state index in [1.165, 1.54) is 0 Å². The quantitative estimate of drug-likeness (QED) is 0.317. The lowest BCUT2D eigenvalue weighted by atomic mass is 10.0. The standard InChI is InChI=1S/C26H21ClN2O5/c1-16-23(28-26(32)33-15-14-19-4-2-3-5-22(19)27)24(34-29-16)20-10-6-17(7-11-20)18-8-12-21(13-9-18)25(30)31/h2-13H,14-15H2,1H3,(H,28,32)(H,30,31). The van der Waals surface area contributed by atoms with Crippen LogP contribution in [0.2, 0.25) is 5.02 Å². The Morgan fingerprint density at radius 3 is 2.24 bits per heavy atom. The molecule has 0 fully saturated rings. The molecule has 0 aliphatic rings. The van der Waals surface area contributed by atoms with Gasteiger partial charge in [0, 0.05) is 17.0 Å². The first-order valence-electron chi connectivity index (χ1n) is 10.5. The molecule has 172 valence electrons. The summed E-state index contributed by atoms with van der Waals surface area (Å²) in [5.41, 5.74) is 4.59. The molecule has 0 aliphatic heterocycles. The summed E-state index contributed by atoms with van der Waals surface area (Å²) in [6.45, 7) is 1.90. The first-order valence-corrected chi connectivity index (χ1v) is 10.9. The zero-order valence-corrected chi connectivity index (χ0v) is 19.0. The fourth-order valence-electron chi connectivity index (χ4n) is 3.43. The Kier molecular flexibility index (Phi) is 6.94. The average molecular weight is 477 g/mol. The number of hydrogen-bond acceptors (Lipinski definition) is 5. The summed E-state index contributed by atoms with van der Waals surface area (Å²) in [5, 5.41) is 16.4. The number of nitrogens with one attached hydrogen (secondary N) is 1. The van der Waals surface area contributed by atoms with Crippen molar-refractivity contribution in [3.8, 4) is 22.5 Å². The van der Waals surface area contributed by atoms with Crippen molar-refractivity contribution < 1.29 is 24.0 Å². The number of anilines is 1. The van der Waals surface area contributed by atoms with Gasteiger partial charge in [-0.05, 0) is 41.8 Å². The maximum Gasteiger partial charge on any atom is 0.411 e. The largest absolute Gasteiger partial charge is 0.478 e. The van der Waals surface area contributed by atoms with Crippen LogP contribution in [0.4, 0.5) is 10.5 Å². The van der Waals surface area contributed by atoms with Crippen LogP contribution in [-0.4, -0.2) is 28.9 Å². The molecule has 34 heavy (non-hydrogen) atoms. The molecule has 0 atom stereocenters. The molecule has 0 aliphatic carbocycles. The first-order chi connectivity index (χ1) is 16.4. The van der Waals surface area contributed by atoms with Crippen LogP contribution >= 0.6 is 11.6 Å². The van der Waals surface area contributed by atoms with Gasteiger partial charge in [-0.2, -0.15) is 0 Å². The predicted octanol–water partition coefficient (Wildman–Crippen LogP) is 6.46. The number of halogens is 1. The van der Waals surface area contributed by atoms with Crippen molar-refractivity contribution in [2.24, 2.45) is 0 Å². The van der Waals surface area contributed by atoms with Crippen molar-refractivity contribution in [2.75, 3.05) is 11.9 Å². The number of nitrogens with zero attached hydrogens (tertiary/aromatic N) is 1. The molecule has 3 aromatic carbocycles. The summed E-state index contributed by atoms with van der Waals surface area (Å²) in [7, 11) is 0. The van der Waals surface area contributed by atoms with Gasteiger partial charge in [-0.15, -0.1) is 0 Å². The number of rotatable bonds is 7. The second kappa shape index (κ2) is 10.2. The van der Waals surface area contributed by atoms with Gasteiger partial charge >= 0.3 is 12.1 Å². The van der Waals surface area contributed by atoms with E-state index in [9.17, 15) is 9.59 Å². The van der Waals surface area contributed by atoms with Crippen LogP contribution in [0.5, 0.6) is 0 Å². The van der Waals surface area contributed by atoms with Gasteiger partial charge in [-0.25, -0.2) is 9.59 Å². The molecule has 4 aromatic rings. The third-order valence-corrected chi connectivity index (χ3v) is 5.63. The predicted molar refractivity (Wildman–Crippen MR) is 129 cm³/mol. The van der Waals surface area contributed by atoms with Crippen LogP contribution in [-0.2, 0) is 11.2 Å². The van der Waals surface area contributed by atoms with Crippen LogP contribution in [0, 0.1) is 6.92 Å². The minimum atomic E-state index is -0.968. The van der Waals surface area contributed by atoms with Gasteiger partial charge in [0.25, 0.3) is 0 Å². The lowest BCUT2D eigenvalue weighted by Crippen LogP contribution is -2.16. The van der Waals surface area contributed by atoms with Crippen LogP contribution in [0.15, 0.2) is 77.3 Å². The number of benzene rings is 3. The number of aromatic nitrogens is 1. The Balaban J connectivity index is 1.43. The molecule has 1 amide bonds. The van der Waals surface area contributed by atoms with E-state index in [1.54, 1.807) is 37.3 Å². The molecule has 1 aromatic heterocycles. The number of carbonyl (C=O) groups is 2. The Morgan fingerprint density at radius 2 is 1.59 bits per heavy atom. The SMILES string of the molecule is Cc1noc(-c2ccc(-c3ccc(C(=O)O)cc3)cc2)c1NC(=O)OCCc1ccccc1Cl. The Labute approximate surface area is 200 Å². The van der Waals surface area contributed by atoms with Gasteiger partial charge in [0.05, 0.1) is 12.2 Å². The summed E-state index contributed by atoms with van der Waals surface area (Å²) in [5.74, 6) is -0.557. The maximum absolute atomic E-state index is 12.4. The summed E-state index contributed by atoms with van der Waals surface area (Å²) in [4.78, 5) is 23.4. The lowest BCUT2D eigenvalue weighted by molar-refractivity contribution is 0.0697. The molecule has 0 radical (unpaired) electrons. The first kappa shape index (κ1) is 23.1. The Hall–Kier alpha value is -4.10. The summed E-state index contributed by atoms with van der Waals surface area (Å²) < 4.78 is 10.8. The molecular weight excluding hydrogens is 456 g/mol. The van der Waals surface area contributed by atoms with E-state index in [-0.39, 0.29) is 12.2 Å². The highest BCUT2D eigenvalue weighted by molar-refractivity contribution is 6.31. The van der Waals surface area contributed by atoms with Crippen molar-refractivity contribution >= 4 is 29.4 Å². The Morgan fingerprint density at radius 1 is 0.971 bits per heavy atom. The van der Waals surface area contributed by atoms with E-state index in [0.29, 0.717) is 28.6 Å². The molecule has 7 nitrogen and oxygen atoms in total. The van der Waals surface area contributed by atoms with Crippen molar-refractivity contribution in [3.63, 3.8) is 0 Å². The number of amides is 1. The fourth-order valence-corrected chi connectivity index (χ4v) is 3.66. The van der Waals surface area contributed by atoms with E-state index in [4.69, 9.17) is 26.0 Å². The number of ether oxygens (including phenoxy) is 1. The van der Waals surface area contributed by atoms with E-state index >= 15 is 0 Å². The number of aromatic carboxylic acids is 1. The van der Waals surface area contributed by atoms with Crippen molar-refractivity contribution in [1.82, 2.24) is 5.16 Å². The van der Waals surface area contributed by atoms with Gasteiger partial charge in [-0.3, -0.25) is 5.32 Å². The molecule has 0 saturated carbocycles. The average Bonchev–Trinajstić information content (AvgIpc) is 3.20. The van der Waals surface area contributed by atoms with Crippen molar-refractivity contribution in [2.45, 2.75) is 13.3 Å². The van der Waals surface area contributed by atoms with Gasteiger partial charge in [0.1, 0.15) is 11.4 Å². The Bertz CT molecular complexity index is 1310. The lowest BCUT2D eigenvalue weighted by Gasteiger charge is -2.09. The van der Waals surface area contributed by atoms with E-state index in [0.717, 1.165) is 22.3 Å². The summed E-state index contributed by atoms with van der Waals surface area (Å²) in [6, 6.07) is 21.5. The molecule has 0 spiro atoms. The zero-order chi connectivity index (χ0) is 24.1. The maximum atomic E-state index is 12.4. The second-order valence-electron chi connectivity index (χ2n) is 7.53. The second-order valence-corrected chi connectivity index (χ2v) is 7.94. The van der Waals surface area contributed by atoms with Crippen LogP contribution < -0.4 is 5.32 Å². The highest BCUT2D eigenvalue weighted by atomic mass is 35.5. The monoisotopic (exact) mass is 476 g/mol. The molecule has 0 unspecified atom stereocenters. The normalized spacial score (nSPS) is 10.6. The van der Waals surface area contributed by atoms with Gasteiger partial charge in [0.15, 0.2) is 5.76 Å². The van der Waals surface area contributed by atoms with Gasteiger partial charge in [-0.1, -0.05) is 71.4 Å². The van der Waals surface area contributed by atoms with E-state index in [1.807, 2.05) is 42.5 Å². The molecule has 4 rings (SSSR count). The molecule has 1 heterocycles. The van der Waals surface area contributed by atoms with Gasteiger partial charge in [0.2, 0.25) is 0 Å².